The number of aryl methyl sites for hydroxylation is 2. The van der Waals surface area contributed by atoms with Gasteiger partial charge in [0.15, 0.2) is 0 Å². The topological polar surface area (TPSA) is 58.9 Å². The molecule has 0 radical (unpaired) electrons. The van der Waals surface area contributed by atoms with Gasteiger partial charge in [-0.1, -0.05) is 30.3 Å². The van der Waals surface area contributed by atoms with Gasteiger partial charge < -0.3 is 9.51 Å². The summed E-state index contributed by atoms with van der Waals surface area (Å²) in [5.74, 6) is 0.307. The van der Waals surface area contributed by atoms with Crippen LogP contribution in [0, 0.1) is 13.8 Å². The van der Waals surface area contributed by atoms with Gasteiger partial charge in [-0.3, -0.25) is 4.79 Å². The van der Waals surface area contributed by atoms with Crippen LogP contribution in [0.5, 0.6) is 0 Å². The van der Waals surface area contributed by atoms with E-state index >= 15 is 0 Å². The van der Waals surface area contributed by atoms with Crippen molar-refractivity contribution in [1.29, 1.82) is 0 Å². The first-order valence-electron chi connectivity index (χ1n) is 6.74. The summed E-state index contributed by atoms with van der Waals surface area (Å²) < 4.78 is 5.25. The number of carbonyl (C=O) groups is 1. The number of para-hydroxylation sites is 1. The molecule has 0 saturated carbocycles. The molecular weight excluding hydrogens is 288 g/mol. The highest BCUT2D eigenvalue weighted by Gasteiger charge is 2.25. The molecule has 4 nitrogen and oxygen atoms in total. The van der Waals surface area contributed by atoms with Crippen molar-refractivity contribution in [2.45, 2.75) is 26.7 Å². The van der Waals surface area contributed by atoms with E-state index in [0.717, 1.165) is 39.2 Å². The maximum absolute atomic E-state index is 11.7. The minimum absolute atomic E-state index is 0.382. The molecule has 1 aromatic carbocycles. The van der Waals surface area contributed by atoms with Gasteiger partial charge in [-0.2, -0.15) is 0 Å². The molecule has 0 aliphatic carbocycles. The van der Waals surface area contributed by atoms with Crippen LogP contribution in [0.15, 0.2) is 28.8 Å². The third kappa shape index (κ3) is 2.16. The molecule has 0 fully saturated rings. The summed E-state index contributed by atoms with van der Waals surface area (Å²) in [6, 6.07) is 7.86. The Bertz CT molecular complexity index is 813. The second-order valence-electron chi connectivity index (χ2n) is 5.18. The van der Waals surface area contributed by atoms with Crippen LogP contribution in [0.25, 0.3) is 22.2 Å². The molecule has 108 valence electrons. The van der Waals surface area contributed by atoms with E-state index in [0.29, 0.717) is 0 Å². The fraction of sp³-hybridized carbons (Fsp3) is 0.250. The molecule has 0 spiro atoms. The lowest BCUT2D eigenvalue weighted by atomic mass is 9.95. The lowest BCUT2D eigenvalue weighted by Gasteiger charge is -2.09. The maximum atomic E-state index is 11.7. The molecule has 0 aliphatic rings. The highest BCUT2D eigenvalue weighted by Crippen LogP contribution is 2.38. The second-order valence-corrected chi connectivity index (χ2v) is 5.56. The van der Waals surface area contributed by atoms with E-state index in [2.05, 4.69) is 10.1 Å². The number of nitrogens with zero attached hydrogens (tertiary/aromatic N) is 1. The molecule has 1 unspecified atom stereocenters. The van der Waals surface area contributed by atoms with E-state index in [1.165, 1.54) is 0 Å². The Morgan fingerprint density at radius 1 is 1.33 bits per heavy atom. The Morgan fingerprint density at radius 3 is 2.67 bits per heavy atom. The van der Waals surface area contributed by atoms with Crippen molar-refractivity contribution in [2.24, 2.45) is 0 Å². The van der Waals surface area contributed by atoms with E-state index in [1.807, 2.05) is 45.0 Å². The standard InChI is InChI=1S/C16H15ClN2O2/c1-8(16(17)20)13-11-6-4-5-7-12(11)18-15(13)14-9(2)19-21-10(14)3/h4-8,18H,1-3H3. The predicted octanol–water partition coefficient (Wildman–Crippen LogP) is 4.31. The number of hydrogen-bond donors (Lipinski definition) is 1. The number of hydrogen-bond acceptors (Lipinski definition) is 3. The van der Waals surface area contributed by atoms with Gasteiger partial charge in [-0.05, 0) is 37.1 Å². The Kier molecular flexibility index (Phi) is 3.33. The quantitative estimate of drug-likeness (QED) is 0.733. The van der Waals surface area contributed by atoms with Crippen molar-refractivity contribution < 1.29 is 9.32 Å². The zero-order chi connectivity index (χ0) is 15.1. The molecule has 1 N–H and O–H groups in total. The zero-order valence-corrected chi connectivity index (χ0v) is 12.8. The molecule has 0 amide bonds. The van der Waals surface area contributed by atoms with Crippen LogP contribution in [0.3, 0.4) is 0 Å². The average Bonchev–Trinajstić information content (AvgIpc) is 2.98. The number of benzene rings is 1. The van der Waals surface area contributed by atoms with E-state index in [9.17, 15) is 4.79 Å². The number of nitrogens with one attached hydrogen (secondary N) is 1. The van der Waals surface area contributed by atoms with Gasteiger partial charge in [-0.25, -0.2) is 0 Å². The molecular formula is C16H15ClN2O2. The molecule has 3 aromatic rings. The molecule has 0 saturated heterocycles. The van der Waals surface area contributed by atoms with Crippen molar-refractivity contribution in [3.63, 3.8) is 0 Å². The third-order valence-electron chi connectivity index (χ3n) is 3.80. The molecule has 1 atom stereocenters. The largest absolute Gasteiger partial charge is 0.361 e. The van der Waals surface area contributed by atoms with Crippen molar-refractivity contribution in [3.05, 3.63) is 41.3 Å². The zero-order valence-electron chi connectivity index (χ0n) is 12.0. The summed E-state index contributed by atoms with van der Waals surface area (Å²) in [5.41, 5.74) is 4.39. The molecule has 21 heavy (non-hydrogen) atoms. The van der Waals surface area contributed by atoms with Gasteiger partial charge in [0, 0.05) is 10.9 Å². The monoisotopic (exact) mass is 302 g/mol. The van der Waals surface area contributed by atoms with Gasteiger partial charge in [0.25, 0.3) is 0 Å². The van der Waals surface area contributed by atoms with E-state index in [-0.39, 0.29) is 5.24 Å². The first-order valence-corrected chi connectivity index (χ1v) is 7.11. The summed E-state index contributed by atoms with van der Waals surface area (Å²) in [6.07, 6.45) is 0. The van der Waals surface area contributed by atoms with Gasteiger partial charge in [-0.15, -0.1) is 0 Å². The molecule has 0 bridgehead atoms. The average molecular weight is 303 g/mol. The number of aromatic nitrogens is 2. The Hall–Kier alpha value is -2.07. The van der Waals surface area contributed by atoms with Gasteiger partial charge in [0.2, 0.25) is 5.24 Å². The number of aromatic amines is 1. The summed E-state index contributed by atoms with van der Waals surface area (Å²) in [4.78, 5) is 15.1. The molecule has 3 rings (SSSR count). The summed E-state index contributed by atoms with van der Waals surface area (Å²) in [7, 11) is 0. The summed E-state index contributed by atoms with van der Waals surface area (Å²) in [5, 5.41) is 4.61. The molecule has 0 aliphatic heterocycles. The van der Waals surface area contributed by atoms with Crippen LogP contribution in [0.2, 0.25) is 0 Å². The third-order valence-corrected chi connectivity index (χ3v) is 4.13. The van der Waals surface area contributed by atoms with Crippen LogP contribution in [-0.4, -0.2) is 15.4 Å². The number of rotatable bonds is 3. The minimum Gasteiger partial charge on any atom is -0.361 e. The second kappa shape index (κ2) is 5.04. The first-order chi connectivity index (χ1) is 10.0. The molecule has 2 heterocycles. The Labute approximate surface area is 127 Å². The van der Waals surface area contributed by atoms with Crippen LogP contribution in [0.4, 0.5) is 0 Å². The van der Waals surface area contributed by atoms with Crippen molar-refractivity contribution in [3.8, 4) is 11.3 Å². The van der Waals surface area contributed by atoms with Crippen LogP contribution >= 0.6 is 11.6 Å². The van der Waals surface area contributed by atoms with Crippen LogP contribution < -0.4 is 0 Å². The molecule has 5 heteroatoms. The Morgan fingerprint density at radius 2 is 2.05 bits per heavy atom. The van der Waals surface area contributed by atoms with Gasteiger partial charge in [0.1, 0.15) is 5.76 Å². The normalized spacial score (nSPS) is 12.8. The highest BCUT2D eigenvalue weighted by atomic mass is 35.5. The number of fused-ring (bicyclic) bond motifs is 1. The number of H-pyrrole nitrogens is 1. The van der Waals surface area contributed by atoms with E-state index in [4.69, 9.17) is 16.1 Å². The first kappa shape index (κ1) is 13.9. The van der Waals surface area contributed by atoms with E-state index in [1.54, 1.807) is 0 Å². The van der Waals surface area contributed by atoms with Gasteiger partial charge >= 0.3 is 0 Å². The predicted molar refractivity (Wildman–Crippen MR) is 82.5 cm³/mol. The number of carbonyl (C=O) groups excluding carboxylic acids is 1. The molecule has 2 aromatic heterocycles. The SMILES string of the molecule is Cc1noc(C)c1-c1[nH]c2ccccc2c1C(C)C(=O)Cl. The van der Waals surface area contributed by atoms with Crippen molar-refractivity contribution in [1.82, 2.24) is 10.1 Å². The minimum atomic E-state index is -0.411. The van der Waals surface area contributed by atoms with Gasteiger partial charge in [0.05, 0.1) is 22.9 Å². The fourth-order valence-corrected chi connectivity index (χ4v) is 2.87. The van der Waals surface area contributed by atoms with Crippen molar-refractivity contribution in [2.75, 3.05) is 0 Å². The fourth-order valence-electron chi connectivity index (χ4n) is 2.76. The summed E-state index contributed by atoms with van der Waals surface area (Å²) >= 11 is 5.74. The maximum Gasteiger partial charge on any atom is 0.228 e. The van der Waals surface area contributed by atoms with Crippen molar-refractivity contribution >= 4 is 27.7 Å². The Balaban J connectivity index is 2.37. The lowest BCUT2D eigenvalue weighted by molar-refractivity contribution is -0.112. The smallest absolute Gasteiger partial charge is 0.228 e. The summed E-state index contributed by atoms with van der Waals surface area (Å²) in [6.45, 7) is 5.55. The highest BCUT2D eigenvalue weighted by molar-refractivity contribution is 6.64. The van der Waals surface area contributed by atoms with E-state index < -0.39 is 5.92 Å². The van der Waals surface area contributed by atoms with Crippen LogP contribution in [-0.2, 0) is 4.79 Å². The number of halogens is 1. The lowest BCUT2D eigenvalue weighted by Crippen LogP contribution is -2.03. The van der Waals surface area contributed by atoms with Crippen LogP contribution in [0.1, 0.15) is 29.9 Å².